The topological polar surface area (TPSA) is 44.4 Å². The van der Waals surface area contributed by atoms with Crippen molar-refractivity contribution in [3.63, 3.8) is 0 Å². The van der Waals surface area contributed by atoms with Gasteiger partial charge in [0.05, 0.1) is 0 Å². The van der Waals surface area contributed by atoms with E-state index in [2.05, 4.69) is 53.8 Å². The molecule has 2 amide bonds. The molecular formula is C16H27N3O. The molecule has 0 heterocycles. The molecule has 0 aliphatic heterocycles. The number of nitrogens with zero attached hydrogens (tertiary/aromatic N) is 1. The zero-order valence-corrected chi connectivity index (χ0v) is 12.7. The Kier molecular flexibility index (Phi) is 8.47. The molecule has 2 N–H and O–H groups in total. The number of hydrogen-bond acceptors (Lipinski definition) is 2. The van der Waals surface area contributed by atoms with Crippen LogP contribution in [-0.4, -0.2) is 37.6 Å². The molecule has 20 heavy (non-hydrogen) atoms. The van der Waals surface area contributed by atoms with Crippen LogP contribution in [0.4, 0.5) is 4.79 Å². The van der Waals surface area contributed by atoms with Crippen molar-refractivity contribution in [3.05, 3.63) is 35.9 Å². The number of benzene rings is 1. The second kappa shape index (κ2) is 10.3. The van der Waals surface area contributed by atoms with Gasteiger partial charge in [-0.25, -0.2) is 4.79 Å². The Morgan fingerprint density at radius 1 is 1.10 bits per heavy atom. The third-order valence-corrected chi connectivity index (χ3v) is 3.11. The molecule has 0 aliphatic carbocycles. The molecule has 0 aliphatic rings. The average Bonchev–Trinajstić information content (AvgIpc) is 2.45. The van der Waals surface area contributed by atoms with Gasteiger partial charge in [-0.15, -0.1) is 0 Å². The van der Waals surface area contributed by atoms with Crippen LogP contribution in [0, 0.1) is 0 Å². The quantitative estimate of drug-likeness (QED) is 0.681. The highest BCUT2D eigenvalue weighted by atomic mass is 16.2. The molecule has 0 radical (unpaired) electrons. The molecule has 0 atom stereocenters. The fourth-order valence-corrected chi connectivity index (χ4v) is 1.97. The lowest BCUT2D eigenvalue weighted by atomic mass is 10.2. The summed E-state index contributed by atoms with van der Waals surface area (Å²) in [6, 6.07) is 10.4. The molecule has 0 spiro atoms. The van der Waals surface area contributed by atoms with Crippen molar-refractivity contribution in [2.75, 3.05) is 26.7 Å². The largest absolute Gasteiger partial charge is 0.338 e. The number of unbranched alkanes of at least 4 members (excludes halogenated alkanes) is 1. The molecule has 0 bridgehead atoms. The smallest absolute Gasteiger partial charge is 0.314 e. The van der Waals surface area contributed by atoms with Crippen LogP contribution in [0.1, 0.15) is 31.7 Å². The van der Waals surface area contributed by atoms with Crippen LogP contribution in [0.15, 0.2) is 30.3 Å². The van der Waals surface area contributed by atoms with Crippen molar-refractivity contribution in [2.24, 2.45) is 0 Å². The maximum Gasteiger partial charge on any atom is 0.314 e. The van der Waals surface area contributed by atoms with Crippen molar-refractivity contribution >= 4 is 6.03 Å². The van der Waals surface area contributed by atoms with Gasteiger partial charge >= 0.3 is 6.03 Å². The van der Waals surface area contributed by atoms with Crippen LogP contribution in [0.2, 0.25) is 0 Å². The Morgan fingerprint density at radius 3 is 2.40 bits per heavy atom. The highest BCUT2D eigenvalue weighted by Crippen LogP contribution is 2.02. The first-order valence-corrected chi connectivity index (χ1v) is 7.46. The van der Waals surface area contributed by atoms with Crippen molar-refractivity contribution in [1.82, 2.24) is 15.5 Å². The fourth-order valence-electron chi connectivity index (χ4n) is 1.97. The predicted octanol–water partition coefficient (Wildman–Crippen LogP) is 2.61. The van der Waals surface area contributed by atoms with Crippen LogP contribution >= 0.6 is 0 Å². The number of amides is 2. The molecule has 4 heteroatoms. The molecule has 112 valence electrons. The van der Waals surface area contributed by atoms with E-state index in [0.29, 0.717) is 0 Å². The van der Waals surface area contributed by atoms with E-state index in [1.54, 1.807) is 0 Å². The van der Waals surface area contributed by atoms with Gasteiger partial charge in [0, 0.05) is 19.6 Å². The van der Waals surface area contributed by atoms with E-state index in [4.69, 9.17) is 0 Å². The zero-order chi connectivity index (χ0) is 14.6. The summed E-state index contributed by atoms with van der Waals surface area (Å²) in [4.78, 5) is 13.7. The van der Waals surface area contributed by atoms with Gasteiger partial charge in [0.2, 0.25) is 0 Å². The van der Waals surface area contributed by atoms with Crippen LogP contribution in [-0.2, 0) is 6.54 Å². The SMILES string of the molecule is CCCCNC(=O)NCCCN(C)Cc1ccccc1. The number of carbonyl (C=O) groups excluding carboxylic acids is 1. The molecule has 0 fully saturated rings. The van der Waals surface area contributed by atoms with Crippen LogP contribution in [0.25, 0.3) is 0 Å². The molecule has 1 aromatic carbocycles. The Labute approximate surface area is 122 Å². The lowest BCUT2D eigenvalue weighted by molar-refractivity contribution is 0.239. The summed E-state index contributed by atoms with van der Waals surface area (Å²) in [5, 5.41) is 5.73. The summed E-state index contributed by atoms with van der Waals surface area (Å²) in [6.45, 7) is 5.52. The maximum absolute atomic E-state index is 11.4. The van der Waals surface area contributed by atoms with Gasteiger partial charge in [-0.1, -0.05) is 43.7 Å². The number of hydrogen-bond donors (Lipinski definition) is 2. The number of nitrogens with one attached hydrogen (secondary N) is 2. The first-order valence-electron chi connectivity index (χ1n) is 7.46. The Balaban J connectivity index is 2.04. The van der Waals surface area contributed by atoms with Crippen molar-refractivity contribution < 1.29 is 4.79 Å². The van der Waals surface area contributed by atoms with Gasteiger partial charge in [0.25, 0.3) is 0 Å². The minimum absolute atomic E-state index is 0.0517. The summed E-state index contributed by atoms with van der Waals surface area (Å²) in [7, 11) is 2.11. The van der Waals surface area contributed by atoms with E-state index >= 15 is 0 Å². The molecule has 4 nitrogen and oxygen atoms in total. The van der Waals surface area contributed by atoms with Crippen molar-refractivity contribution in [3.8, 4) is 0 Å². The monoisotopic (exact) mass is 277 g/mol. The van der Waals surface area contributed by atoms with E-state index in [0.717, 1.165) is 45.4 Å². The fraction of sp³-hybridized carbons (Fsp3) is 0.562. The van der Waals surface area contributed by atoms with Gasteiger partial charge in [-0.05, 0) is 32.0 Å². The predicted molar refractivity (Wildman–Crippen MR) is 83.7 cm³/mol. The lowest BCUT2D eigenvalue weighted by Gasteiger charge is -2.16. The van der Waals surface area contributed by atoms with Gasteiger partial charge in [-0.2, -0.15) is 0 Å². The first-order chi connectivity index (χ1) is 9.72. The van der Waals surface area contributed by atoms with Gasteiger partial charge < -0.3 is 15.5 Å². The summed E-state index contributed by atoms with van der Waals surface area (Å²) in [5.74, 6) is 0. The van der Waals surface area contributed by atoms with Crippen molar-refractivity contribution in [1.29, 1.82) is 0 Å². The third kappa shape index (κ3) is 7.79. The summed E-state index contributed by atoms with van der Waals surface area (Å²) in [5.41, 5.74) is 1.32. The van der Waals surface area contributed by atoms with E-state index < -0.39 is 0 Å². The standard InChI is InChI=1S/C16H27N3O/c1-3-4-11-17-16(20)18-12-8-13-19(2)14-15-9-6-5-7-10-15/h5-7,9-10H,3-4,8,11-14H2,1-2H3,(H2,17,18,20). The Hall–Kier alpha value is -1.55. The first kappa shape index (κ1) is 16.5. The lowest BCUT2D eigenvalue weighted by Crippen LogP contribution is -2.37. The van der Waals surface area contributed by atoms with Gasteiger partial charge in [0.15, 0.2) is 0 Å². The Bertz CT molecular complexity index is 367. The number of rotatable bonds is 9. The second-order valence-corrected chi connectivity index (χ2v) is 5.11. The van der Waals surface area contributed by atoms with Gasteiger partial charge in [-0.3, -0.25) is 0 Å². The van der Waals surface area contributed by atoms with Crippen LogP contribution < -0.4 is 10.6 Å². The summed E-state index contributed by atoms with van der Waals surface area (Å²) in [6.07, 6.45) is 3.10. The number of carbonyl (C=O) groups is 1. The molecule has 0 unspecified atom stereocenters. The average molecular weight is 277 g/mol. The number of urea groups is 1. The van der Waals surface area contributed by atoms with E-state index in [1.807, 2.05) is 6.07 Å². The molecule has 1 rings (SSSR count). The summed E-state index contributed by atoms with van der Waals surface area (Å²) >= 11 is 0. The molecule has 0 aromatic heterocycles. The highest BCUT2D eigenvalue weighted by molar-refractivity contribution is 5.73. The normalized spacial score (nSPS) is 10.6. The Morgan fingerprint density at radius 2 is 1.75 bits per heavy atom. The van der Waals surface area contributed by atoms with Crippen LogP contribution in [0.5, 0.6) is 0 Å². The minimum Gasteiger partial charge on any atom is -0.338 e. The van der Waals surface area contributed by atoms with E-state index in [-0.39, 0.29) is 6.03 Å². The molecule has 1 aromatic rings. The zero-order valence-electron chi connectivity index (χ0n) is 12.7. The molecule has 0 saturated carbocycles. The maximum atomic E-state index is 11.4. The van der Waals surface area contributed by atoms with E-state index in [9.17, 15) is 4.79 Å². The molecular weight excluding hydrogens is 250 g/mol. The minimum atomic E-state index is -0.0517. The van der Waals surface area contributed by atoms with Gasteiger partial charge in [0.1, 0.15) is 0 Å². The van der Waals surface area contributed by atoms with E-state index in [1.165, 1.54) is 5.56 Å². The molecule has 0 saturated heterocycles. The van der Waals surface area contributed by atoms with Crippen molar-refractivity contribution in [2.45, 2.75) is 32.7 Å². The highest BCUT2D eigenvalue weighted by Gasteiger charge is 2.01. The summed E-state index contributed by atoms with van der Waals surface area (Å²) < 4.78 is 0. The van der Waals surface area contributed by atoms with Crippen LogP contribution in [0.3, 0.4) is 0 Å². The second-order valence-electron chi connectivity index (χ2n) is 5.11. The third-order valence-electron chi connectivity index (χ3n) is 3.11.